The van der Waals surface area contributed by atoms with Crippen molar-refractivity contribution in [1.29, 1.82) is 0 Å². The summed E-state index contributed by atoms with van der Waals surface area (Å²) in [5, 5.41) is 0. The van der Waals surface area contributed by atoms with Crippen LogP contribution < -0.4 is 4.74 Å². The zero-order chi connectivity index (χ0) is 22.4. The van der Waals surface area contributed by atoms with Crippen molar-refractivity contribution < 1.29 is 9.53 Å². The van der Waals surface area contributed by atoms with Gasteiger partial charge in [0, 0.05) is 22.9 Å². The normalized spacial score (nSPS) is 13.2. The Hall–Kier alpha value is -1.22. The second-order valence-corrected chi connectivity index (χ2v) is 11.7. The zero-order valence-corrected chi connectivity index (χ0v) is 21.2. The first kappa shape index (κ1) is 25.8. The van der Waals surface area contributed by atoms with Crippen molar-refractivity contribution in [2.45, 2.75) is 104 Å². The number of hydrogen-bond donors (Lipinski definition) is 0. The van der Waals surface area contributed by atoms with Crippen LogP contribution in [0.2, 0.25) is 0 Å². The van der Waals surface area contributed by atoms with E-state index in [0.717, 1.165) is 28.5 Å². The third-order valence-electron chi connectivity index (χ3n) is 5.02. The molecule has 0 aliphatic carbocycles. The molecule has 1 atom stereocenters. The largest absolute Gasteiger partial charge is 0.426 e. The first-order valence-electron chi connectivity index (χ1n) is 10.9. The minimum absolute atomic E-state index is 0.0982. The minimum Gasteiger partial charge on any atom is -0.426 e. The van der Waals surface area contributed by atoms with Crippen LogP contribution in [0.5, 0.6) is 5.75 Å². The predicted octanol–water partition coefficient (Wildman–Crippen LogP) is 8.07. The summed E-state index contributed by atoms with van der Waals surface area (Å²) < 4.78 is 5.74. The quantitative estimate of drug-likeness (QED) is 0.185. The van der Waals surface area contributed by atoms with Crippen molar-refractivity contribution in [3.05, 3.63) is 34.9 Å². The number of carbonyl (C=O) groups is 1. The second kappa shape index (κ2) is 10.7. The van der Waals surface area contributed by atoms with E-state index in [9.17, 15) is 4.79 Å². The Bertz CT molecular complexity index is 678. The average molecular weight is 419 g/mol. The molecule has 1 rings (SSSR count). The zero-order valence-electron chi connectivity index (χ0n) is 20.4. The number of benzene rings is 1. The molecule has 0 aliphatic heterocycles. The highest BCUT2D eigenvalue weighted by atomic mass is 32.2. The molecule has 0 fully saturated rings. The Morgan fingerprint density at radius 1 is 1.00 bits per heavy atom. The van der Waals surface area contributed by atoms with Crippen LogP contribution in [-0.2, 0) is 15.6 Å². The minimum atomic E-state index is -0.258. The molecule has 29 heavy (non-hydrogen) atoms. The Morgan fingerprint density at radius 2 is 1.52 bits per heavy atom. The van der Waals surface area contributed by atoms with Crippen LogP contribution in [0.25, 0.3) is 0 Å². The van der Waals surface area contributed by atoms with Crippen LogP contribution in [0, 0.1) is 5.92 Å². The molecular formula is C26H42O2S. The summed E-state index contributed by atoms with van der Waals surface area (Å²) in [4.78, 5) is 13.1. The number of esters is 1. The topological polar surface area (TPSA) is 26.3 Å². The fraction of sp³-hybridized carbons (Fsp3) is 0.654. The molecule has 0 N–H and O–H groups in total. The molecule has 0 saturated heterocycles. The van der Waals surface area contributed by atoms with Gasteiger partial charge in [-0.15, -0.1) is 11.8 Å². The van der Waals surface area contributed by atoms with E-state index >= 15 is 0 Å². The van der Waals surface area contributed by atoms with Crippen molar-refractivity contribution in [3.8, 4) is 5.75 Å². The van der Waals surface area contributed by atoms with Crippen LogP contribution >= 0.6 is 11.8 Å². The molecule has 0 heterocycles. The van der Waals surface area contributed by atoms with Crippen molar-refractivity contribution in [1.82, 2.24) is 0 Å². The molecule has 0 aliphatic rings. The van der Waals surface area contributed by atoms with Crippen LogP contribution in [0.1, 0.15) is 99.6 Å². The van der Waals surface area contributed by atoms with Crippen molar-refractivity contribution in [3.63, 3.8) is 0 Å². The van der Waals surface area contributed by atoms with Gasteiger partial charge in [-0.25, -0.2) is 0 Å². The number of ether oxygens (including phenoxy) is 1. The smallest absolute Gasteiger partial charge is 0.308 e. The van der Waals surface area contributed by atoms with Crippen molar-refractivity contribution in [2.24, 2.45) is 5.92 Å². The maximum atomic E-state index is 11.8. The summed E-state index contributed by atoms with van der Waals surface area (Å²) in [6, 6.07) is 4.46. The molecule has 1 unspecified atom stereocenters. The van der Waals surface area contributed by atoms with Gasteiger partial charge in [0.1, 0.15) is 5.75 Å². The lowest BCUT2D eigenvalue weighted by atomic mass is 9.79. The Morgan fingerprint density at radius 3 is 1.93 bits per heavy atom. The van der Waals surface area contributed by atoms with Gasteiger partial charge in [-0.2, -0.15) is 0 Å². The van der Waals surface area contributed by atoms with Gasteiger partial charge < -0.3 is 4.74 Å². The molecule has 0 spiro atoms. The summed E-state index contributed by atoms with van der Waals surface area (Å²) in [6.45, 7) is 21.3. The van der Waals surface area contributed by atoms with Gasteiger partial charge in [-0.05, 0) is 67.7 Å². The van der Waals surface area contributed by atoms with Gasteiger partial charge in [-0.3, -0.25) is 4.79 Å². The SMILES string of the molecule is CC(=O)Oc1c(C(C)(C)C)cc(SCCC(C)CCC=C(C)C)cc1C(C)(C)C. The molecule has 1 aromatic carbocycles. The van der Waals surface area contributed by atoms with Crippen LogP contribution in [-0.4, -0.2) is 11.7 Å². The van der Waals surface area contributed by atoms with E-state index in [1.165, 1.54) is 36.7 Å². The van der Waals surface area contributed by atoms with E-state index in [-0.39, 0.29) is 16.8 Å². The lowest BCUT2D eigenvalue weighted by molar-refractivity contribution is -0.132. The highest BCUT2D eigenvalue weighted by Crippen LogP contribution is 2.43. The molecule has 1 aromatic rings. The second-order valence-electron chi connectivity index (χ2n) is 10.5. The molecule has 0 saturated carbocycles. The fourth-order valence-electron chi connectivity index (χ4n) is 3.23. The maximum absolute atomic E-state index is 11.8. The van der Waals surface area contributed by atoms with E-state index in [4.69, 9.17) is 4.74 Å². The monoisotopic (exact) mass is 418 g/mol. The standard InChI is InChI=1S/C26H42O2S/c1-18(2)12-11-13-19(3)14-15-29-21-16-22(25(5,6)7)24(28-20(4)27)23(17-21)26(8,9)10/h12,16-17,19H,11,13-15H2,1-10H3. The lowest BCUT2D eigenvalue weighted by Gasteiger charge is -2.30. The van der Waals surface area contributed by atoms with Crippen molar-refractivity contribution in [2.75, 3.05) is 5.75 Å². The van der Waals surface area contributed by atoms with Crippen molar-refractivity contribution >= 4 is 17.7 Å². The predicted molar refractivity (Wildman–Crippen MR) is 128 cm³/mol. The first-order chi connectivity index (χ1) is 13.2. The van der Waals surface area contributed by atoms with E-state index < -0.39 is 0 Å². The molecule has 0 radical (unpaired) electrons. The van der Waals surface area contributed by atoms with Gasteiger partial charge in [0.25, 0.3) is 0 Å². The highest BCUT2D eigenvalue weighted by Gasteiger charge is 2.28. The average Bonchev–Trinajstić information content (AvgIpc) is 2.52. The Balaban J connectivity index is 3.07. The number of allylic oxidation sites excluding steroid dienone is 2. The van der Waals surface area contributed by atoms with E-state index in [1.54, 1.807) is 0 Å². The molecule has 164 valence electrons. The third-order valence-corrected chi connectivity index (χ3v) is 6.02. The molecule has 2 nitrogen and oxygen atoms in total. The summed E-state index contributed by atoms with van der Waals surface area (Å²) in [5.74, 6) is 2.32. The van der Waals surface area contributed by atoms with Gasteiger partial charge in [0.2, 0.25) is 0 Å². The van der Waals surface area contributed by atoms with Crippen LogP contribution in [0.15, 0.2) is 28.7 Å². The van der Waals surface area contributed by atoms with E-state index in [2.05, 4.69) is 80.5 Å². The molecule has 0 bridgehead atoms. The highest BCUT2D eigenvalue weighted by molar-refractivity contribution is 7.99. The number of thioether (sulfide) groups is 1. The van der Waals surface area contributed by atoms with Crippen LogP contribution in [0.4, 0.5) is 0 Å². The first-order valence-corrected chi connectivity index (χ1v) is 11.8. The van der Waals surface area contributed by atoms with Gasteiger partial charge in [0.05, 0.1) is 0 Å². The fourth-order valence-corrected chi connectivity index (χ4v) is 4.39. The number of rotatable bonds is 8. The molecule has 3 heteroatoms. The van der Waals surface area contributed by atoms with Gasteiger partial charge in [-0.1, -0.05) is 60.1 Å². The summed E-state index contributed by atoms with van der Waals surface area (Å²) in [7, 11) is 0. The Labute approximate surface area is 183 Å². The molecule has 0 aromatic heterocycles. The summed E-state index contributed by atoms with van der Waals surface area (Å²) in [5.41, 5.74) is 3.43. The van der Waals surface area contributed by atoms with Gasteiger partial charge in [0.15, 0.2) is 0 Å². The lowest BCUT2D eigenvalue weighted by Crippen LogP contribution is -2.21. The molecule has 0 amide bonds. The number of hydrogen-bond acceptors (Lipinski definition) is 3. The number of carbonyl (C=O) groups excluding carboxylic acids is 1. The molecular weight excluding hydrogens is 376 g/mol. The Kier molecular flexibility index (Phi) is 9.53. The van der Waals surface area contributed by atoms with Gasteiger partial charge >= 0.3 is 5.97 Å². The summed E-state index contributed by atoms with van der Waals surface area (Å²) in [6.07, 6.45) is 5.97. The third kappa shape index (κ3) is 8.99. The summed E-state index contributed by atoms with van der Waals surface area (Å²) >= 11 is 1.92. The van der Waals surface area contributed by atoms with E-state index in [1.807, 2.05) is 11.8 Å². The maximum Gasteiger partial charge on any atom is 0.308 e. The van der Waals surface area contributed by atoms with Crippen LogP contribution in [0.3, 0.4) is 0 Å². The van der Waals surface area contributed by atoms with E-state index in [0.29, 0.717) is 0 Å².